The Kier molecular flexibility index (Phi) is 33.1. The largest absolute Gasteiger partial charge is 0.498 e. The first kappa shape index (κ1) is 43.1. The third-order valence-corrected chi connectivity index (χ3v) is 9.85. The number of nitrogens with one attached hydrogen (secondary N) is 1. The molecule has 1 fully saturated rings. The lowest BCUT2D eigenvalue weighted by molar-refractivity contribution is -0.153. The van der Waals surface area contributed by atoms with Crippen LogP contribution in [0.5, 0.6) is 0 Å². The van der Waals surface area contributed by atoms with Crippen LogP contribution in [-0.4, -0.2) is 38.4 Å². The molecule has 0 radical (unpaired) electrons. The Morgan fingerprint density at radius 2 is 1.13 bits per heavy atom. The molecule has 270 valence electrons. The molecule has 2 unspecified atom stereocenters. The highest BCUT2D eigenvalue weighted by Crippen LogP contribution is 2.36. The molecule has 0 saturated carbocycles. The third kappa shape index (κ3) is 30.4. The van der Waals surface area contributed by atoms with Crippen LogP contribution in [0.2, 0.25) is 0 Å². The Morgan fingerprint density at radius 3 is 1.63 bits per heavy atom. The molecule has 6 nitrogen and oxygen atoms in total. The first-order valence-corrected chi connectivity index (χ1v) is 20.8. The minimum Gasteiger partial charge on any atom is -0.498 e. The zero-order chi connectivity index (χ0) is 33.0. The highest BCUT2D eigenvalue weighted by molar-refractivity contribution is 7.45. The standard InChI is InChI=1S/C39H74NO5P/c1-3-5-7-9-11-13-15-17-19-20-22-24-26-28-30-32-39(41)45-38(37-44-46-40-33-35-43-46)36-42-34-31-29-27-25-23-21-18-16-14-12-10-8-6-4-2/h17,19,31,34,38,40H,3-16,18,20-30,32-33,35-37H2,1-2H3/b19-17-,34-31-. The molecule has 1 rings (SSSR count). The van der Waals surface area contributed by atoms with Gasteiger partial charge in [0.05, 0.1) is 19.5 Å². The minimum absolute atomic E-state index is 0.164. The summed E-state index contributed by atoms with van der Waals surface area (Å²) in [5, 5.41) is 3.19. The van der Waals surface area contributed by atoms with Gasteiger partial charge in [-0.2, -0.15) is 0 Å². The molecular weight excluding hydrogens is 593 g/mol. The zero-order valence-electron chi connectivity index (χ0n) is 30.3. The lowest BCUT2D eigenvalue weighted by atomic mass is 10.0. The van der Waals surface area contributed by atoms with E-state index < -0.39 is 14.6 Å². The van der Waals surface area contributed by atoms with Crippen molar-refractivity contribution in [2.45, 2.75) is 193 Å². The van der Waals surface area contributed by atoms with Gasteiger partial charge in [-0.05, 0) is 51.0 Å². The van der Waals surface area contributed by atoms with Gasteiger partial charge >= 0.3 is 5.97 Å². The van der Waals surface area contributed by atoms with Crippen LogP contribution in [0.1, 0.15) is 187 Å². The smallest absolute Gasteiger partial charge is 0.306 e. The second-order valence-electron chi connectivity index (χ2n) is 13.1. The second-order valence-corrected chi connectivity index (χ2v) is 14.5. The summed E-state index contributed by atoms with van der Waals surface area (Å²) in [6.07, 6.45) is 42.1. The molecule has 0 aliphatic carbocycles. The van der Waals surface area contributed by atoms with E-state index in [1.807, 2.05) is 0 Å². The number of carbonyl (C=O) groups excluding carboxylic acids is 1. The van der Waals surface area contributed by atoms with E-state index in [-0.39, 0.29) is 12.6 Å². The predicted molar refractivity (Wildman–Crippen MR) is 197 cm³/mol. The molecule has 1 N–H and O–H groups in total. The molecule has 1 heterocycles. The number of rotatable bonds is 35. The SMILES string of the molecule is CCCCCCCC/C=C\CCCCCCCC(=O)OC(CO/C=C\CCCCCCCCCCCCCC)COP1NCCO1. The van der Waals surface area contributed by atoms with Crippen LogP contribution in [0, 0.1) is 0 Å². The van der Waals surface area contributed by atoms with Crippen LogP contribution in [0.4, 0.5) is 0 Å². The minimum atomic E-state index is -1.09. The number of esters is 1. The topological polar surface area (TPSA) is 66.0 Å². The first-order chi connectivity index (χ1) is 22.8. The maximum absolute atomic E-state index is 12.6. The molecule has 1 aliphatic rings. The normalized spacial score (nSPS) is 15.7. The highest BCUT2D eigenvalue weighted by atomic mass is 31.2. The van der Waals surface area contributed by atoms with Crippen molar-refractivity contribution in [1.82, 2.24) is 5.09 Å². The molecule has 0 aromatic heterocycles. The number of ether oxygens (including phenoxy) is 2. The summed E-state index contributed by atoms with van der Waals surface area (Å²) in [6, 6.07) is 0. The summed E-state index contributed by atoms with van der Waals surface area (Å²) in [5.74, 6) is -0.164. The van der Waals surface area contributed by atoms with Crippen molar-refractivity contribution in [2.75, 3.05) is 26.4 Å². The van der Waals surface area contributed by atoms with Gasteiger partial charge in [-0.3, -0.25) is 4.79 Å². The monoisotopic (exact) mass is 668 g/mol. The quantitative estimate of drug-likeness (QED) is 0.0238. The Balaban J connectivity index is 2.07. The van der Waals surface area contributed by atoms with E-state index in [0.29, 0.717) is 19.6 Å². The first-order valence-electron chi connectivity index (χ1n) is 19.7. The van der Waals surface area contributed by atoms with Crippen molar-refractivity contribution >= 4 is 14.5 Å². The molecule has 0 aromatic carbocycles. The molecule has 7 heteroatoms. The Labute approximate surface area is 286 Å². The van der Waals surface area contributed by atoms with Crippen LogP contribution in [0.25, 0.3) is 0 Å². The van der Waals surface area contributed by atoms with E-state index >= 15 is 0 Å². The van der Waals surface area contributed by atoms with Gasteiger partial charge in [-0.15, -0.1) is 0 Å². The summed E-state index contributed by atoms with van der Waals surface area (Å²) < 4.78 is 22.9. The maximum atomic E-state index is 12.6. The van der Waals surface area contributed by atoms with E-state index in [1.165, 1.54) is 148 Å². The third-order valence-electron chi connectivity index (χ3n) is 8.57. The van der Waals surface area contributed by atoms with E-state index in [4.69, 9.17) is 18.5 Å². The van der Waals surface area contributed by atoms with Gasteiger partial charge < -0.3 is 18.5 Å². The van der Waals surface area contributed by atoms with Crippen molar-refractivity contribution in [3.63, 3.8) is 0 Å². The van der Waals surface area contributed by atoms with E-state index in [0.717, 1.165) is 25.8 Å². The van der Waals surface area contributed by atoms with Crippen molar-refractivity contribution in [2.24, 2.45) is 0 Å². The summed E-state index contributed by atoms with van der Waals surface area (Å²) >= 11 is 0. The molecule has 0 spiro atoms. The number of unbranched alkanes of at least 4 members (excludes halogenated alkanes) is 23. The molecule has 46 heavy (non-hydrogen) atoms. The second kappa shape index (κ2) is 35.4. The highest BCUT2D eigenvalue weighted by Gasteiger charge is 2.21. The van der Waals surface area contributed by atoms with Crippen LogP contribution in [-0.2, 0) is 23.3 Å². The zero-order valence-corrected chi connectivity index (χ0v) is 31.2. The maximum Gasteiger partial charge on any atom is 0.306 e. The Hall–Kier alpha value is -0.940. The van der Waals surface area contributed by atoms with Crippen molar-refractivity contribution in [1.29, 1.82) is 0 Å². The van der Waals surface area contributed by atoms with Gasteiger partial charge in [0.15, 0.2) is 6.10 Å². The summed E-state index contributed by atoms with van der Waals surface area (Å²) in [5.41, 5.74) is 0. The fourth-order valence-corrected chi connectivity index (χ4v) is 6.74. The molecule has 0 aromatic rings. The van der Waals surface area contributed by atoms with Gasteiger partial charge in [0.1, 0.15) is 6.61 Å². The van der Waals surface area contributed by atoms with Crippen LogP contribution in [0.15, 0.2) is 24.5 Å². The van der Waals surface area contributed by atoms with Crippen LogP contribution >= 0.6 is 8.53 Å². The van der Waals surface area contributed by atoms with Crippen molar-refractivity contribution < 1.29 is 23.3 Å². The summed E-state index contributed by atoms with van der Waals surface area (Å²) in [7, 11) is -1.09. The summed E-state index contributed by atoms with van der Waals surface area (Å²) in [4.78, 5) is 12.6. The summed E-state index contributed by atoms with van der Waals surface area (Å²) in [6.45, 7) is 6.59. The van der Waals surface area contributed by atoms with Gasteiger partial charge in [0.2, 0.25) is 0 Å². The Bertz CT molecular complexity index is 698. The molecule has 0 bridgehead atoms. The number of allylic oxidation sites excluding steroid dienone is 3. The van der Waals surface area contributed by atoms with Gasteiger partial charge in [0, 0.05) is 13.0 Å². The fraction of sp³-hybridized carbons (Fsp3) is 0.872. The van der Waals surface area contributed by atoms with E-state index in [1.54, 1.807) is 6.26 Å². The lowest BCUT2D eigenvalue weighted by Gasteiger charge is -2.19. The number of hydrogen-bond acceptors (Lipinski definition) is 6. The lowest BCUT2D eigenvalue weighted by Crippen LogP contribution is -2.27. The Morgan fingerprint density at radius 1 is 0.652 bits per heavy atom. The van der Waals surface area contributed by atoms with Gasteiger partial charge in [0.25, 0.3) is 8.53 Å². The van der Waals surface area contributed by atoms with Gasteiger partial charge in [-0.25, -0.2) is 5.09 Å². The van der Waals surface area contributed by atoms with E-state index in [9.17, 15) is 4.79 Å². The average Bonchev–Trinajstić information content (AvgIpc) is 3.59. The fourth-order valence-electron chi connectivity index (χ4n) is 5.65. The van der Waals surface area contributed by atoms with E-state index in [2.05, 4.69) is 37.2 Å². The molecule has 1 saturated heterocycles. The van der Waals surface area contributed by atoms with Crippen LogP contribution < -0.4 is 5.09 Å². The molecule has 2 atom stereocenters. The molecule has 0 amide bonds. The van der Waals surface area contributed by atoms with Crippen molar-refractivity contribution in [3.05, 3.63) is 24.5 Å². The van der Waals surface area contributed by atoms with Crippen molar-refractivity contribution in [3.8, 4) is 0 Å². The molecular formula is C39H74NO5P. The number of carbonyl (C=O) groups is 1. The molecule has 1 aliphatic heterocycles. The average molecular weight is 668 g/mol. The van der Waals surface area contributed by atoms with Gasteiger partial charge in [-0.1, -0.05) is 148 Å². The van der Waals surface area contributed by atoms with Crippen LogP contribution in [0.3, 0.4) is 0 Å². The number of hydrogen-bond donors (Lipinski definition) is 1. The predicted octanol–water partition coefficient (Wildman–Crippen LogP) is 12.4.